The highest BCUT2D eigenvalue weighted by atomic mass is 127. The molecule has 18 heavy (non-hydrogen) atoms. The average Bonchev–Trinajstić information content (AvgIpc) is 2.27. The highest BCUT2D eigenvalue weighted by Crippen LogP contribution is 2.10. The summed E-state index contributed by atoms with van der Waals surface area (Å²) in [6.07, 6.45) is 0. The van der Waals surface area contributed by atoms with Gasteiger partial charge < -0.3 is 15.8 Å². The maximum Gasteiger partial charge on any atom is 0.193 e. The second-order valence-corrected chi connectivity index (χ2v) is 4.66. The van der Waals surface area contributed by atoms with Crippen LogP contribution in [0.3, 0.4) is 0 Å². The van der Waals surface area contributed by atoms with Gasteiger partial charge in [0.2, 0.25) is 0 Å². The van der Waals surface area contributed by atoms with Crippen LogP contribution in [0, 0.1) is 6.92 Å². The standard InChI is InChI=1S/C13H21N3O.HI/c1-10-6-5-7-11(8-10)16-12(14)15-9-13(2,3)17-4;/h5-8H,9H2,1-4H3,(H3,14,15,16);1H. The van der Waals surface area contributed by atoms with Crippen molar-refractivity contribution >= 4 is 35.6 Å². The Labute approximate surface area is 126 Å². The van der Waals surface area contributed by atoms with Crippen molar-refractivity contribution < 1.29 is 4.74 Å². The Morgan fingerprint density at radius 2 is 2.11 bits per heavy atom. The SMILES string of the molecule is COC(C)(C)CN=C(N)Nc1cccc(C)c1.I. The molecule has 0 aliphatic carbocycles. The topological polar surface area (TPSA) is 59.6 Å². The van der Waals surface area contributed by atoms with Crippen molar-refractivity contribution in [3.05, 3.63) is 29.8 Å². The van der Waals surface area contributed by atoms with Gasteiger partial charge in [-0.2, -0.15) is 0 Å². The molecule has 0 amide bonds. The number of ether oxygens (including phenoxy) is 1. The van der Waals surface area contributed by atoms with Gasteiger partial charge in [-0.25, -0.2) is 0 Å². The largest absolute Gasteiger partial charge is 0.377 e. The zero-order valence-corrected chi connectivity index (χ0v) is 13.7. The monoisotopic (exact) mass is 363 g/mol. The quantitative estimate of drug-likeness (QED) is 0.491. The lowest BCUT2D eigenvalue weighted by Crippen LogP contribution is -2.30. The van der Waals surface area contributed by atoms with Crippen molar-refractivity contribution in [2.75, 3.05) is 19.0 Å². The molecule has 0 fully saturated rings. The number of anilines is 1. The summed E-state index contributed by atoms with van der Waals surface area (Å²) in [5, 5.41) is 3.05. The molecule has 1 aromatic carbocycles. The van der Waals surface area contributed by atoms with Crippen molar-refractivity contribution in [3.8, 4) is 0 Å². The van der Waals surface area contributed by atoms with Gasteiger partial charge in [0.05, 0.1) is 12.1 Å². The van der Waals surface area contributed by atoms with E-state index in [-0.39, 0.29) is 29.6 Å². The number of hydrogen-bond donors (Lipinski definition) is 2. The van der Waals surface area contributed by atoms with E-state index in [0.717, 1.165) is 5.69 Å². The Kier molecular flexibility index (Phi) is 7.23. The summed E-state index contributed by atoms with van der Waals surface area (Å²) in [5.74, 6) is 0.403. The van der Waals surface area contributed by atoms with E-state index in [1.54, 1.807) is 7.11 Å². The van der Waals surface area contributed by atoms with Gasteiger partial charge in [-0.05, 0) is 38.5 Å². The normalized spacial score (nSPS) is 11.9. The number of nitrogens with one attached hydrogen (secondary N) is 1. The van der Waals surface area contributed by atoms with Crippen LogP contribution in [0.2, 0.25) is 0 Å². The molecule has 1 aromatic rings. The summed E-state index contributed by atoms with van der Waals surface area (Å²) in [4.78, 5) is 4.25. The van der Waals surface area contributed by atoms with E-state index in [1.807, 2.05) is 45.0 Å². The second kappa shape index (κ2) is 7.58. The van der Waals surface area contributed by atoms with Crippen LogP contribution in [0.1, 0.15) is 19.4 Å². The Bertz CT molecular complexity index is 405. The fourth-order valence-electron chi connectivity index (χ4n) is 1.25. The van der Waals surface area contributed by atoms with Gasteiger partial charge >= 0.3 is 0 Å². The first-order chi connectivity index (χ1) is 7.93. The van der Waals surface area contributed by atoms with Crippen molar-refractivity contribution in [3.63, 3.8) is 0 Å². The first kappa shape index (κ1) is 17.2. The number of rotatable bonds is 4. The second-order valence-electron chi connectivity index (χ2n) is 4.66. The zero-order valence-electron chi connectivity index (χ0n) is 11.4. The van der Waals surface area contributed by atoms with Crippen LogP contribution in [-0.4, -0.2) is 25.2 Å². The van der Waals surface area contributed by atoms with E-state index < -0.39 is 0 Å². The summed E-state index contributed by atoms with van der Waals surface area (Å²) in [5.41, 5.74) is 7.63. The number of nitrogens with zero attached hydrogens (tertiary/aromatic N) is 1. The average molecular weight is 363 g/mol. The molecule has 0 spiro atoms. The lowest BCUT2D eigenvalue weighted by molar-refractivity contribution is 0.0312. The third-order valence-corrected chi connectivity index (χ3v) is 2.47. The third kappa shape index (κ3) is 6.20. The molecule has 0 radical (unpaired) electrons. The summed E-state index contributed by atoms with van der Waals surface area (Å²) < 4.78 is 5.27. The molecule has 0 aromatic heterocycles. The first-order valence-electron chi connectivity index (χ1n) is 5.62. The number of benzene rings is 1. The Balaban J connectivity index is 0.00000289. The van der Waals surface area contributed by atoms with Crippen molar-refractivity contribution in [2.45, 2.75) is 26.4 Å². The minimum atomic E-state index is -0.293. The molecule has 0 heterocycles. The molecule has 0 atom stereocenters. The van der Waals surface area contributed by atoms with Crippen molar-refractivity contribution in [1.29, 1.82) is 0 Å². The van der Waals surface area contributed by atoms with E-state index in [9.17, 15) is 0 Å². The number of aryl methyl sites for hydroxylation is 1. The van der Waals surface area contributed by atoms with Gasteiger partial charge in [0.25, 0.3) is 0 Å². The highest BCUT2D eigenvalue weighted by molar-refractivity contribution is 14.0. The predicted octanol–water partition coefficient (Wildman–Crippen LogP) is 2.76. The van der Waals surface area contributed by atoms with Gasteiger partial charge in [0.15, 0.2) is 5.96 Å². The smallest absolute Gasteiger partial charge is 0.193 e. The van der Waals surface area contributed by atoms with Crippen LogP contribution in [-0.2, 0) is 4.74 Å². The number of hydrogen-bond acceptors (Lipinski definition) is 2. The molecule has 4 nitrogen and oxygen atoms in total. The van der Waals surface area contributed by atoms with Crippen LogP contribution in [0.4, 0.5) is 5.69 Å². The molecule has 0 saturated heterocycles. The van der Waals surface area contributed by atoms with Crippen molar-refractivity contribution in [1.82, 2.24) is 0 Å². The van der Waals surface area contributed by atoms with E-state index in [0.29, 0.717) is 12.5 Å². The predicted molar refractivity (Wildman–Crippen MR) is 87.8 cm³/mol. The zero-order chi connectivity index (χ0) is 12.9. The molecule has 3 N–H and O–H groups in total. The fraction of sp³-hybridized carbons (Fsp3) is 0.462. The van der Waals surface area contributed by atoms with E-state index in [2.05, 4.69) is 10.3 Å². The summed E-state index contributed by atoms with van der Waals surface area (Å²) in [6.45, 7) is 6.49. The molecular weight excluding hydrogens is 341 g/mol. The molecule has 1 rings (SSSR count). The van der Waals surface area contributed by atoms with Gasteiger partial charge in [-0.1, -0.05) is 12.1 Å². The van der Waals surface area contributed by atoms with Crippen molar-refractivity contribution in [2.24, 2.45) is 10.7 Å². The number of guanidine groups is 1. The number of nitrogens with two attached hydrogens (primary N) is 1. The lowest BCUT2D eigenvalue weighted by Gasteiger charge is -2.20. The van der Waals surface area contributed by atoms with Crippen LogP contribution in [0.5, 0.6) is 0 Å². The first-order valence-corrected chi connectivity index (χ1v) is 5.62. The number of methoxy groups -OCH3 is 1. The Hall–Kier alpha value is -0.820. The van der Waals surface area contributed by atoms with Gasteiger partial charge in [0, 0.05) is 12.8 Å². The summed E-state index contributed by atoms with van der Waals surface area (Å²) in [7, 11) is 1.67. The molecular formula is C13H22IN3O. The van der Waals surface area contributed by atoms with Gasteiger partial charge in [0.1, 0.15) is 0 Å². The van der Waals surface area contributed by atoms with Gasteiger partial charge in [-0.15, -0.1) is 24.0 Å². The maximum absolute atomic E-state index is 5.80. The maximum atomic E-state index is 5.80. The van der Waals surface area contributed by atoms with E-state index in [1.165, 1.54) is 5.56 Å². The van der Waals surface area contributed by atoms with Crippen LogP contribution in [0.15, 0.2) is 29.3 Å². The minimum Gasteiger partial charge on any atom is -0.377 e. The van der Waals surface area contributed by atoms with Crippen LogP contribution >= 0.6 is 24.0 Å². The number of halogens is 1. The van der Waals surface area contributed by atoms with E-state index in [4.69, 9.17) is 10.5 Å². The fourth-order valence-corrected chi connectivity index (χ4v) is 1.25. The Morgan fingerprint density at radius 1 is 1.44 bits per heavy atom. The molecule has 102 valence electrons. The number of aliphatic imine (C=N–C) groups is 1. The Morgan fingerprint density at radius 3 is 2.67 bits per heavy atom. The lowest BCUT2D eigenvalue weighted by atomic mass is 10.1. The van der Waals surface area contributed by atoms with E-state index >= 15 is 0 Å². The third-order valence-electron chi connectivity index (χ3n) is 2.47. The van der Waals surface area contributed by atoms with Gasteiger partial charge in [-0.3, -0.25) is 4.99 Å². The molecule has 0 bridgehead atoms. The minimum absolute atomic E-state index is 0. The molecule has 0 unspecified atom stereocenters. The molecule has 0 saturated carbocycles. The summed E-state index contributed by atoms with van der Waals surface area (Å²) >= 11 is 0. The van der Waals surface area contributed by atoms with Crippen LogP contribution in [0.25, 0.3) is 0 Å². The highest BCUT2D eigenvalue weighted by Gasteiger charge is 2.15. The summed E-state index contributed by atoms with van der Waals surface area (Å²) in [6, 6.07) is 7.98. The molecule has 5 heteroatoms. The molecule has 0 aliphatic rings. The molecule has 0 aliphatic heterocycles. The van der Waals surface area contributed by atoms with Crippen LogP contribution < -0.4 is 11.1 Å².